The molecule has 2 heterocycles. The van der Waals surface area contributed by atoms with Crippen LogP contribution < -0.4 is 10.3 Å². The fraction of sp³-hybridized carbons (Fsp3) is 0.360. The Bertz CT molecular complexity index is 1130. The fourth-order valence-corrected chi connectivity index (χ4v) is 4.26. The first kappa shape index (κ1) is 22.7. The van der Waals surface area contributed by atoms with Gasteiger partial charge in [-0.15, -0.1) is 0 Å². The van der Waals surface area contributed by atoms with Gasteiger partial charge < -0.3 is 9.47 Å². The van der Waals surface area contributed by atoms with Crippen LogP contribution in [0.15, 0.2) is 57.8 Å². The van der Waals surface area contributed by atoms with E-state index in [9.17, 15) is 9.18 Å². The van der Waals surface area contributed by atoms with Gasteiger partial charge in [0.2, 0.25) is 0 Å². The predicted octanol–water partition coefficient (Wildman–Crippen LogP) is 5.52. The number of benzene rings is 2. The summed E-state index contributed by atoms with van der Waals surface area (Å²) in [5.74, 6) is 0.532. The molecule has 0 spiro atoms. The average Bonchev–Trinajstić information content (AvgIpc) is 2.82. The molecule has 1 aromatic heterocycles. The summed E-state index contributed by atoms with van der Waals surface area (Å²) in [6, 6.07) is 14.3. The third kappa shape index (κ3) is 5.10. The van der Waals surface area contributed by atoms with Crippen LogP contribution in [0.3, 0.4) is 0 Å². The van der Waals surface area contributed by atoms with Gasteiger partial charge in [-0.3, -0.25) is 9.36 Å². The van der Waals surface area contributed by atoms with E-state index in [0.29, 0.717) is 34.0 Å². The average molecular weight is 501 g/mol. The molecule has 0 unspecified atom stereocenters. The zero-order valence-electron chi connectivity index (χ0n) is 18.0. The summed E-state index contributed by atoms with van der Waals surface area (Å²) >= 11 is 3.38. The topological polar surface area (TPSA) is 53.4 Å². The van der Waals surface area contributed by atoms with Crippen LogP contribution in [0.4, 0.5) is 4.39 Å². The van der Waals surface area contributed by atoms with Crippen LogP contribution in [0.2, 0.25) is 0 Å². The van der Waals surface area contributed by atoms with Crippen LogP contribution >= 0.6 is 15.9 Å². The van der Waals surface area contributed by atoms with E-state index < -0.39 is 5.82 Å². The maximum Gasteiger partial charge on any atom is 0.268 e. The van der Waals surface area contributed by atoms with Crippen molar-refractivity contribution in [2.45, 2.75) is 39.3 Å². The maximum absolute atomic E-state index is 14.9. The van der Waals surface area contributed by atoms with Gasteiger partial charge >= 0.3 is 0 Å². The van der Waals surface area contributed by atoms with Crippen molar-refractivity contribution in [2.75, 3.05) is 13.2 Å². The zero-order valence-corrected chi connectivity index (χ0v) is 19.6. The monoisotopic (exact) mass is 500 g/mol. The molecule has 1 saturated heterocycles. The van der Waals surface area contributed by atoms with Gasteiger partial charge in [0.15, 0.2) is 11.6 Å². The lowest BCUT2D eigenvalue weighted by Gasteiger charge is -2.23. The highest BCUT2D eigenvalue weighted by molar-refractivity contribution is 9.10. The first-order valence-corrected chi connectivity index (χ1v) is 11.6. The minimum absolute atomic E-state index is 0.102. The molecule has 5 nitrogen and oxygen atoms in total. The Kier molecular flexibility index (Phi) is 7.37. The Labute approximate surface area is 195 Å². The van der Waals surface area contributed by atoms with Crippen molar-refractivity contribution in [1.82, 2.24) is 9.55 Å². The number of halogens is 2. The number of para-hydroxylation sites is 1. The van der Waals surface area contributed by atoms with E-state index in [0.717, 1.165) is 38.0 Å². The number of rotatable bonds is 7. The van der Waals surface area contributed by atoms with Crippen LogP contribution in [0, 0.1) is 18.7 Å². The second-order valence-electron chi connectivity index (χ2n) is 8.03. The zero-order chi connectivity index (χ0) is 22.5. The molecule has 0 radical (unpaired) electrons. The number of nitrogens with zero attached hydrogens (tertiary/aromatic N) is 2. The van der Waals surface area contributed by atoms with Gasteiger partial charge in [-0.2, -0.15) is 0 Å². The molecule has 1 fully saturated rings. The molecule has 0 saturated carbocycles. The molecule has 7 heteroatoms. The lowest BCUT2D eigenvalue weighted by molar-refractivity contribution is 0.0625. The summed E-state index contributed by atoms with van der Waals surface area (Å²) in [5, 5.41) is 0. The van der Waals surface area contributed by atoms with Crippen molar-refractivity contribution in [1.29, 1.82) is 0 Å². The van der Waals surface area contributed by atoms with Gasteiger partial charge in [-0.05, 0) is 65.7 Å². The molecule has 1 aliphatic heterocycles. The lowest BCUT2D eigenvalue weighted by Crippen LogP contribution is -2.27. The SMILES string of the molecule is Cc1nc(-c2cccc(F)c2OCc2ccccc2)n(CCC2CCOCC2)c(=O)c1Br. The Morgan fingerprint density at radius 2 is 1.91 bits per heavy atom. The third-order valence-corrected chi connectivity index (χ3v) is 6.73. The summed E-state index contributed by atoms with van der Waals surface area (Å²) in [6.45, 7) is 3.99. The second-order valence-corrected chi connectivity index (χ2v) is 8.82. The molecule has 0 N–H and O–H groups in total. The minimum Gasteiger partial charge on any atom is -0.485 e. The quantitative estimate of drug-likeness (QED) is 0.428. The minimum atomic E-state index is -0.482. The van der Waals surface area contributed by atoms with E-state index in [1.807, 2.05) is 30.3 Å². The molecule has 0 amide bonds. The highest BCUT2D eigenvalue weighted by Crippen LogP contribution is 2.33. The molecular formula is C25H26BrFN2O3. The molecule has 0 bridgehead atoms. The van der Waals surface area contributed by atoms with Gasteiger partial charge in [-0.1, -0.05) is 36.4 Å². The first-order valence-electron chi connectivity index (χ1n) is 10.8. The number of hydrogen-bond acceptors (Lipinski definition) is 4. The van der Waals surface area contributed by atoms with Gasteiger partial charge in [0.05, 0.1) is 11.3 Å². The first-order chi connectivity index (χ1) is 15.5. The molecule has 168 valence electrons. The van der Waals surface area contributed by atoms with Crippen molar-refractivity contribution in [3.8, 4) is 17.1 Å². The van der Waals surface area contributed by atoms with Crippen molar-refractivity contribution in [3.05, 3.63) is 80.4 Å². The Morgan fingerprint density at radius 1 is 1.16 bits per heavy atom. The lowest BCUT2D eigenvalue weighted by atomic mass is 9.96. The van der Waals surface area contributed by atoms with Crippen molar-refractivity contribution < 1.29 is 13.9 Å². The highest BCUT2D eigenvalue weighted by Gasteiger charge is 2.21. The summed E-state index contributed by atoms with van der Waals surface area (Å²) < 4.78 is 28.3. The summed E-state index contributed by atoms with van der Waals surface area (Å²) in [4.78, 5) is 17.8. The molecule has 4 rings (SSSR count). The molecule has 0 aliphatic carbocycles. The summed E-state index contributed by atoms with van der Waals surface area (Å²) in [6.07, 6.45) is 2.80. The highest BCUT2D eigenvalue weighted by atomic mass is 79.9. The number of aryl methyl sites for hydroxylation is 1. The van der Waals surface area contributed by atoms with Gasteiger partial charge in [0.25, 0.3) is 5.56 Å². The van der Waals surface area contributed by atoms with Crippen molar-refractivity contribution >= 4 is 15.9 Å². The summed E-state index contributed by atoms with van der Waals surface area (Å²) in [5.41, 5.74) is 1.79. The number of hydrogen-bond donors (Lipinski definition) is 0. The van der Waals surface area contributed by atoms with Crippen LogP contribution in [-0.2, 0) is 17.9 Å². The maximum atomic E-state index is 14.9. The fourth-order valence-electron chi connectivity index (χ4n) is 3.96. The Hall–Kier alpha value is -2.51. The van der Waals surface area contributed by atoms with Crippen LogP contribution in [0.25, 0.3) is 11.4 Å². The summed E-state index contributed by atoms with van der Waals surface area (Å²) in [7, 11) is 0. The molecule has 0 atom stereocenters. The van der Waals surface area contributed by atoms with Crippen LogP contribution in [0.5, 0.6) is 5.75 Å². The van der Waals surface area contributed by atoms with E-state index in [4.69, 9.17) is 9.47 Å². The van der Waals surface area contributed by atoms with Gasteiger partial charge in [0.1, 0.15) is 16.9 Å². The molecular weight excluding hydrogens is 475 g/mol. The van der Waals surface area contributed by atoms with E-state index in [1.165, 1.54) is 6.07 Å². The van der Waals surface area contributed by atoms with Crippen LogP contribution in [0.1, 0.15) is 30.5 Å². The molecule has 3 aromatic rings. The third-order valence-electron chi connectivity index (χ3n) is 5.82. The van der Waals surface area contributed by atoms with Gasteiger partial charge in [0, 0.05) is 19.8 Å². The van der Waals surface area contributed by atoms with E-state index in [-0.39, 0.29) is 17.9 Å². The van der Waals surface area contributed by atoms with E-state index >= 15 is 0 Å². The normalized spacial score (nSPS) is 14.5. The van der Waals surface area contributed by atoms with E-state index in [1.54, 1.807) is 23.6 Å². The Balaban J connectivity index is 1.70. The second kappa shape index (κ2) is 10.4. The van der Waals surface area contributed by atoms with E-state index in [2.05, 4.69) is 20.9 Å². The molecule has 1 aliphatic rings. The van der Waals surface area contributed by atoms with Crippen molar-refractivity contribution in [3.63, 3.8) is 0 Å². The number of aromatic nitrogens is 2. The largest absolute Gasteiger partial charge is 0.485 e. The van der Waals surface area contributed by atoms with Gasteiger partial charge in [-0.25, -0.2) is 9.37 Å². The number of ether oxygens (including phenoxy) is 2. The Morgan fingerprint density at radius 3 is 2.66 bits per heavy atom. The predicted molar refractivity (Wildman–Crippen MR) is 125 cm³/mol. The smallest absolute Gasteiger partial charge is 0.268 e. The molecule has 2 aromatic carbocycles. The standard InChI is InChI=1S/C25H26BrFN2O3/c1-17-22(26)25(30)29(13-10-18-11-14-31-15-12-18)24(28-17)20-8-5-9-21(27)23(20)32-16-19-6-3-2-4-7-19/h2-9,18H,10-16H2,1H3. The molecule has 32 heavy (non-hydrogen) atoms. The van der Waals surface area contributed by atoms with Crippen molar-refractivity contribution in [2.24, 2.45) is 5.92 Å². The van der Waals surface area contributed by atoms with Crippen LogP contribution in [-0.4, -0.2) is 22.8 Å².